The molecular formula is C73H102N12O20S. The van der Waals surface area contributed by atoms with Crippen LogP contribution in [0.4, 0.5) is 10.5 Å². The summed E-state index contributed by atoms with van der Waals surface area (Å²) in [6.07, 6.45) is 3.44. The van der Waals surface area contributed by atoms with Gasteiger partial charge in [-0.25, -0.2) is 19.9 Å². The molecule has 1 aliphatic heterocycles. The number of hydroxylamine groups is 1. The molecule has 106 heavy (non-hydrogen) atoms. The van der Waals surface area contributed by atoms with Crippen molar-refractivity contribution in [1.82, 2.24) is 57.4 Å². The lowest BCUT2D eigenvalue weighted by molar-refractivity contribution is -0.141. The Balaban J connectivity index is 1.10. The van der Waals surface area contributed by atoms with Crippen LogP contribution in [-0.4, -0.2) is 247 Å². The second-order valence-electron chi connectivity index (χ2n) is 26.0. The van der Waals surface area contributed by atoms with Crippen LogP contribution in [0.2, 0.25) is 0 Å². The molecule has 33 heteroatoms. The number of unbranched alkanes of at least 4 members (excludes halogenated alkanes) is 6. The van der Waals surface area contributed by atoms with Crippen LogP contribution in [-0.2, 0) is 78.5 Å². The Hall–Kier alpha value is -9.74. The van der Waals surface area contributed by atoms with Crippen molar-refractivity contribution >= 4 is 88.5 Å². The number of urea groups is 1. The van der Waals surface area contributed by atoms with E-state index in [1.54, 1.807) is 51.1 Å². The number of hydrogen-bond donors (Lipinski definition) is 17. The molecule has 1 fully saturated rings. The summed E-state index contributed by atoms with van der Waals surface area (Å²) in [5.41, 5.74) is 6.36. The van der Waals surface area contributed by atoms with Crippen LogP contribution < -0.4 is 48.0 Å². The van der Waals surface area contributed by atoms with Gasteiger partial charge in [-0.3, -0.25) is 53.1 Å². The zero-order chi connectivity index (χ0) is 77.2. The molecule has 4 aromatic carbocycles. The first-order chi connectivity index (χ1) is 50.8. The molecule has 0 spiro atoms. The minimum atomic E-state index is -1.85. The van der Waals surface area contributed by atoms with Gasteiger partial charge in [0.1, 0.15) is 30.2 Å². The molecule has 0 saturated carbocycles. The Morgan fingerprint density at radius 3 is 1.49 bits per heavy atom. The molecule has 4 aromatic rings. The van der Waals surface area contributed by atoms with Crippen LogP contribution in [0.25, 0.3) is 0 Å². The van der Waals surface area contributed by atoms with Crippen LogP contribution in [0.3, 0.4) is 0 Å². The van der Waals surface area contributed by atoms with Crippen molar-refractivity contribution < 1.29 is 98.4 Å². The molecular weight excluding hydrogens is 1400 g/mol. The van der Waals surface area contributed by atoms with Gasteiger partial charge in [-0.1, -0.05) is 122 Å². The highest BCUT2D eigenvalue weighted by Gasteiger charge is 2.33. The summed E-state index contributed by atoms with van der Waals surface area (Å²) in [6, 6.07) is 25.7. The number of carbonyl (C=O) groups excluding carboxylic acids is 5. The second kappa shape index (κ2) is 48.4. The van der Waals surface area contributed by atoms with Crippen molar-refractivity contribution in [2.24, 2.45) is 0 Å². The number of carboxylic acid groups (broad SMARTS) is 6. The number of amides is 6. The van der Waals surface area contributed by atoms with E-state index in [0.717, 1.165) is 36.0 Å². The lowest BCUT2D eigenvalue weighted by atomic mass is 10.0. The third kappa shape index (κ3) is 35.8. The molecule has 17 N–H and O–H groups in total. The van der Waals surface area contributed by atoms with E-state index in [9.17, 15) is 88.5 Å². The summed E-state index contributed by atoms with van der Waals surface area (Å²) in [6.45, 7) is 1.16. The minimum Gasteiger partial charge on any atom is -0.481 e. The summed E-state index contributed by atoms with van der Waals surface area (Å²) in [5, 5.41) is 99.2. The highest BCUT2D eigenvalue weighted by atomic mass is 32.1. The van der Waals surface area contributed by atoms with E-state index in [-0.39, 0.29) is 115 Å². The lowest BCUT2D eigenvalue weighted by Gasteiger charge is -2.33. The van der Waals surface area contributed by atoms with Crippen molar-refractivity contribution in [3.8, 4) is 0 Å². The first-order valence-electron chi connectivity index (χ1n) is 35.6. The van der Waals surface area contributed by atoms with Gasteiger partial charge in [0, 0.05) is 89.6 Å². The van der Waals surface area contributed by atoms with Crippen LogP contribution in [0, 0.1) is 0 Å². The van der Waals surface area contributed by atoms with Crippen LogP contribution in [0.1, 0.15) is 112 Å². The smallest absolute Gasteiger partial charge is 0.326 e. The van der Waals surface area contributed by atoms with Gasteiger partial charge < -0.3 is 88.2 Å². The number of carbonyl (C=O) groups is 11. The normalized spacial score (nSPS) is 15.3. The summed E-state index contributed by atoms with van der Waals surface area (Å²) < 4.78 is 0. The Bertz CT molecular complexity index is 3420. The van der Waals surface area contributed by atoms with Gasteiger partial charge in [-0.2, -0.15) is 0 Å². The highest BCUT2D eigenvalue weighted by molar-refractivity contribution is 7.80. The van der Waals surface area contributed by atoms with Crippen LogP contribution in [0.5, 0.6) is 0 Å². The Morgan fingerprint density at radius 2 is 0.943 bits per heavy atom. The largest absolute Gasteiger partial charge is 0.481 e. The fourth-order valence-electron chi connectivity index (χ4n) is 11.9. The summed E-state index contributed by atoms with van der Waals surface area (Å²) >= 11 is 5.82. The Morgan fingerprint density at radius 1 is 0.453 bits per heavy atom. The van der Waals surface area contributed by atoms with Crippen molar-refractivity contribution in [3.63, 3.8) is 0 Å². The maximum atomic E-state index is 14.7. The Kier molecular flexibility index (Phi) is 39.7. The molecule has 0 aliphatic carbocycles. The van der Waals surface area contributed by atoms with Gasteiger partial charge in [-0.15, -0.1) is 0 Å². The molecule has 6 unspecified atom stereocenters. The van der Waals surface area contributed by atoms with E-state index in [1.165, 1.54) is 0 Å². The van der Waals surface area contributed by atoms with E-state index in [1.807, 2.05) is 78.9 Å². The fourth-order valence-corrected chi connectivity index (χ4v) is 12.1. The number of aliphatic hydroxyl groups is 2. The molecule has 6 amide bonds. The van der Waals surface area contributed by atoms with Gasteiger partial charge in [0.05, 0.1) is 32.3 Å². The van der Waals surface area contributed by atoms with E-state index in [2.05, 4.69) is 48.0 Å². The van der Waals surface area contributed by atoms with E-state index in [0.29, 0.717) is 69.3 Å². The minimum absolute atomic E-state index is 0.0369. The van der Waals surface area contributed by atoms with Crippen molar-refractivity contribution in [1.29, 1.82) is 0 Å². The SMILES string of the molecule is O=C(O)CCC(NC(=O)N[C@@H](CCCCNOCCCCCCCC(=O)NC(CCCCNC(=O)C(Cc1ccccc1)NC(=O)C(Cc1ccccc1)NC(=O)C(Cc1ccccc1)NC(=S)Nc1ccc(CC2CN(CC(=O)O)CCN(CC(=O)O)CCN2CC(=O)O)cc1)C(O)O)C(=O)O)C(=O)O. The summed E-state index contributed by atoms with van der Waals surface area (Å²) in [5.74, 6) is -9.34. The quantitative estimate of drug-likeness (QED) is 0.0131. The number of thiocarbonyl (C=S) groups is 1. The van der Waals surface area contributed by atoms with Crippen molar-refractivity contribution in [2.45, 2.75) is 164 Å². The predicted molar refractivity (Wildman–Crippen MR) is 393 cm³/mol. The lowest BCUT2D eigenvalue weighted by Crippen LogP contribution is -2.58. The average Bonchev–Trinajstić information content (AvgIpc) is 1.25. The molecule has 5 rings (SSSR count). The molecule has 7 atom stereocenters. The molecule has 580 valence electrons. The number of nitrogens with one attached hydrogen (secondary N) is 9. The number of anilines is 1. The number of hydrogen-bond acceptors (Lipinski definition) is 19. The fraction of sp³-hybridized carbons (Fsp3) is 0.507. The predicted octanol–water partition coefficient (Wildman–Crippen LogP) is 2.31. The van der Waals surface area contributed by atoms with Gasteiger partial charge in [0.15, 0.2) is 11.4 Å². The topological polar surface area (TPSA) is 477 Å². The molecule has 0 bridgehead atoms. The van der Waals surface area contributed by atoms with E-state index in [4.69, 9.17) is 22.2 Å². The highest BCUT2D eigenvalue weighted by Crippen LogP contribution is 2.19. The zero-order valence-electron chi connectivity index (χ0n) is 59.3. The van der Waals surface area contributed by atoms with Crippen molar-refractivity contribution in [2.75, 3.05) is 77.4 Å². The number of aliphatic carboxylic acids is 6. The van der Waals surface area contributed by atoms with Gasteiger partial charge in [0.2, 0.25) is 23.6 Å². The van der Waals surface area contributed by atoms with Gasteiger partial charge in [0.25, 0.3) is 0 Å². The van der Waals surface area contributed by atoms with Crippen molar-refractivity contribution in [3.05, 3.63) is 138 Å². The maximum absolute atomic E-state index is 14.7. The van der Waals surface area contributed by atoms with Gasteiger partial charge >= 0.3 is 41.8 Å². The summed E-state index contributed by atoms with van der Waals surface area (Å²) in [4.78, 5) is 149. The standard InChI is InChI=1S/C73H102N12O20S/c86-61(27-13-2-1-3-18-40-105-75-35-17-15-26-56(70(100)101)80-72(104)81-57(71(102)103)32-33-62(87)88)77-55(69(98)99)25-14-16-34-74-66(95)58(42-49-19-7-4-8-20-49)78-67(96)59(43-50-21-9-5-10-22-50)79-68(97)60(44-51-23-11-6-12-24-51)82-73(106)76-53-30-28-52(29-31-53)41-54-45-84(47-64(91)92)37-36-83(46-63(89)90)38-39-85(54)48-65(93)94/h4-12,19-24,28-31,54-60,69,75,98-99H,1-3,13-18,25-27,32-48H2,(H,74,95)(H,77,86)(H,78,96)(H,79,97)(H,87,88)(H,89,90)(H,91,92)(H,93,94)(H,100,101)(H,102,103)(H2,76,82,106)(H2,80,81,104)/t54?,55?,56-,57?,58?,59?,60?/m0/s1. The van der Waals surface area contributed by atoms with E-state index >= 15 is 0 Å². The monoisotopic (exact) mass is 1500 g/mol. The summed E-state index contributed by atoms with van der Waals surface area (Å²) in [7, 11) is 0. The first kappa shape index (κ1) is 86.9. The molecule has 1 saturated heterocycles. The number of benzene rings is 4. The first-order valence-corrected chi connectivity index (χ1v) is 36.0. The number of aliphatic hydroxyl groups excluding tert-OH is 1. The molecule has 0 radical (unpaired) electrons. The third-order valence-corrected chi connectivity index (χ3v) is 17.7. The molecule has 0 aromatic heterocycles. The maximum Gasteiger partial charge on any atom is 0.326 e. The van der Waals surface area contributed by atoms with Gasteiger partial charge in [-0.05, 0) is 111 Å². The molecule has 32 nitrogen and oxygen atoms in total. The number of nitrogens with zero attached hydrogens (tertiary/aromatic N) is 3. The van der Waals surface area contributed by atoms with Crippen LogP contribution in [0.15, 0.2) is 115 Å². The molecule has 1 heterocycles. The molecule has 1 aliphatic rings. The third-order valence-electron chi connectivity index (χ3n) is 17.5. The average molecular weight is 1500 g/mol. The van der Waals surface area contributed by atoms with E-state index < -0.39 is 115 Å². The number of rotatable bonds is 49. The zero-order valence-corrected chi connectivity index (χ0v) is 60.1. The second-order valence-corrected chi connectivity index (χ2v) is 26.4. The Labute approximate surface area is 620 Å². The number of carboxylic acids is 6. The van der Waals surface area contributed by atoms with Crippen LogP contribution >= 0.6 is 12.2 Å².